The molecule has 0 fully saturated rings. The number of likely N-dealkylation sites (N-methyl/N-ethyl adjacent to an activating group) is 1. The molecule has 0 atom stereocenters. The molecule has 0 radical (unpaired) electrons. The van der Waals surface area contributed by atoms with Gasteiger partial charge >= 0.3 is 0 Å². The van der Waals surface area contributed by atoms with E-state index in [1.54, 1.807) is 0 Å². The Bertz CT molecular complexity index is 430. The fraction of sp³-hybridized carbons (Fsp3) is 0.571. The molecule has 2 N–H and O–H groups in total. The number of nitrogens with one attached hydrogen (secondary N) is 2. The van der Waals surface area contributed by atoms with Gasteiger partial charge in [-0.25, -0.2) is 0 Å². The number of hydrogen-bond donors (Lipinski definition) is 2. The smallest absolute Gasteiger partial charge is 0.163 e. The summed E-state index contributed by atoms with van der Waals surface area (Å²) < 4.78 is 11.2. The van der Waals surface area contributed by atoms with Crippen LogP contribution in [0.5, 0.6) is 11.5 Å². The Balaban J connectivity index is 2.13. The molecule has 0 aliphatic carbocycles. The minimum Gasteiger partial charge on any atom is -0.486 e. The topological polar surface area (TPSA) is 42.5 Å². The predicted molar refractivity (Wildman–Crippen MR) is 73.8 cm³/mol. The minimum absolute atomic E-state index is 0.0553. The van der Waals surface area contributed by atoms with Crippen LogP contribution in [0.2, 0.25) is 0 Å². The zero-order valence-electron chi connectivity index (χ0n) is 11.6. The highest BCUT2D eigenvalue weighted by Gasteiger charge is 2.17. The summed E-state index contributed by atoms with van der Waals surface area (Å²) in [5, 5.41) is 6.73. The van der Waals surface area contributed by atoms with Crippen LogP contribution in [0, 0.1) is 6.92 Å². The molecule has 0 amide bonds. The third kappa shape index (κ3) is 2.88. The Morgan fingerprint density at radius 2 is 1.78 bits per heavy atom. The second-order valence-corrected chi connectivity index (χ2v) is 5.30. The number of fused-ring (bicyclic) bond motifs is 1. The average Bonchev–Trinajstić information content (AvgIpc) is 2.36. The van der Waals surface area contributed by atoms with Gasteiger partial charge in [0, 0.05) is 23.8 Å². The van der Waals surface area contributed by atoms with E-state index >= 15 is 0 Å². The third-order valence-electron chi connectivity index (χ3n) is 3.29. The van der Waals surface area contributed by atoms with Crippen molar-refractivity contribution in [2.45, 2.75) is 26.3 Å². The molecule has 100 valence electrons. The summed E-state index contributed by atoms with van der Waals surface area (Å²) in [6.45, 7) is 8.50. The van der Waals surface area contributed by atoms with E-state index in [9.17, 15) is 0 Å². The number of anilines is 1. The summed E-state index contributed by atoms with van der Waals surface area (Å²) in [6, 6.07) is 4.05. The van der Waals surface area contributed by atoms with Gasteiger partial charge in [0.05, 0.1) is 0 Å². The van der Waals surface area contributed by atoms with Crippen molar-refractivity contribution in [1.82, 2.24) is 5.32 Å². The zero-order chi connectivity index (χ0) is 13.2. The summed E-state index contributed by atoms with van der Waals surface area (Å²) in [5.41, 5.74) is 2.33. The van der Waals surface area contributed by atoms with E-state index in [1.807, 2.05) is 19.2 Å². The minimum atomic E-state index is 0.0553. The van der Waals surface area contributed by atoms with Crippen LogP contribution in [0.3, 0.4) is 0 Å². The van der Waals surface area contributed by atoms with Gasteiger partial charge in [-0.15, -0.1) is 0 Å². The number of benzene rings is 1. The van der Waals surface area contributed by atoms with Crippen molar-refractivity contribution >= 4 is 5.69 Å². The van der Waals surface area contributed by atoms with Gasteiger partial charge < -0.3 is 20.1 Å². The van der Waals surface area contributed by atoms with Gasteiger partial charge in [-0.2, -0.15) is 0 Å². The highest BCUT2D eigenvalue weighted by Crippen LogP contribution is 2.35. The van der Waals surface area contributed by atoms with E-state index in [0.717, 1.165) is 23.7 Å². The summed E-state index contributed by atoms with van der Waals surface area (Å²) in [4.78, 5) is 0. The summed E-state index contributed by atoms with van der Waals surface area (Å²) in [7, 11) is 1.97. The van der Waals surface area contributed by atoms with Crippen LogP contribution in [0.25, 0.3) is 0 Å². The summed E-state index contributed by atoms with van der Waals surface area (Å²) in [5.74, 6) is 1.67. The fourth-order valence-electron chi connectivity index (χ4n) is 1.79. The second kappa shape index (κ2) is 5.06. The zero-order valence-corrected chi connectivity index (χ0v) is 11.6. The van der Waals surface area contributed by atoms with Crippen LogP contribution in [0.15, 0.2) is 12.1 Å². The van der Waals surface area contributed by atoms with Crippen molar-refractivity contribution in [3.05, 3.63) is 17.7 Å². The molecule has 1 aliphatic rings. The normalized spacial score (nSPS) is 14.4. The molecule has 0 spiro atoms. The first-order chi connectivity index (χ1) is 8.52. The maximum atomic E-state index is 5.60. The molecular weight excluding hydrogens is 228 g/mol. The molecule has 2 rings (SSSR count). The lowest BCUT2D eigenvalue weighted by atomic mass is 10.1. The van der Waals surface area contributed by atoms with Crippen molar-refractivity contribution in [2.75, 3.05) is 32.1 Å². The number of ether oxygens (including phenoxy) is 2. The van der Waals surface area contributed by atoms with Crippen molar-refractivity contribution in [2.24, 2.45) is 0 Å². The first-order valence-corrected chi connectivity index (χ1v) is 6.35. The molecule has 0 bridgehead atoms. The molecule has 0 aromatic heterocycles. The Hall–Kier alpha value is -1.42. The summed E-state index contributed by atoms with van der Waals surface area (Å²) in [6.07, 6.45) is 0. The van der Waals surface area contributed by atoms with Gasteiger partial charge in [0.15, 0.2) is 11.5 Å². The van der Waals surface area contributed by atoms with E-state index in [4.69, 9.17) is 9.47 Å². The van der Waals surface area contributed by atoms with Gasteiger partial charge in [0.2, 0.25) is 0 Å². The highest BCUT2D eigenvalue weighted by atomic mass is 16.6. The van der Waals surface area contributed by atoms with Crippen LogP contribution in [-0.4, -0.2) is 32.3 Å². The quantitative estimate of drug-likeness (QED) is 0.859. The number of rotatable bonds is 4. The van der Waals surface area contributed by atoms with Gasteiger partial charge in [0.25, 0.3) is 0 Å². The molecule has 1 heterocycles. The maximum absolute atomic E-state index is 5.60. The molecule has 18 heavy (non-hydrogen) atoms. The standard InChI is InChI=1S/C14H22N2O2/c1-10-7-12-13(18-6-5-17-12)8-11(10)16-9-14(2,3)15-4/h7-8,15-16H,5-6,9H2,1-4H3. The van der Waals surface area contributed by atoms with Gasteiger partial charge in [0.1, 0.15) is 13.2 Å². The summed E-state index contributed by atoms with van der Waals surface area (Å²) >= 11 is 0. The van der Waals surface area contributed by atoms with E-state index in [1.165, 1.54) is 5.56 Å². The molecular formula is C14H22N2O2. The molecule has 1 aromatic rings. The van der Waals surface area contributed by atoms with E-state index < -0.39 is 0 Å². The van der Waals surface area contributed by atoms with Crippen molar-refractivity contribution in [1.29, 1.82) is 0 Å². The molecule has 4 heteroatoms. The van der Waals surface area contributed by atoms with Crippen LogP contribution in [0.4, 0.5) is 5.69 Å². The molecule has 0 saturated carbocycles. The van der Waals surface area contributed by atoms with Crippen molar-refractivity contribution in [3.63, 3.8) is 0 Å². The lowest BCUT2D eigenvalue weighted by Crippen LogP contribution is -2.42. The van der Waals surface area contributed by atoms with Crippen molar-refractivity contribution in [3.8, 4) is 11.5 Å². The number of hydrogen-bond acceptors (Lipinski definition) is 4. The maximum Gasteiger partial charge on any atom is 0.163 e. The lowest BCUT2D eigenvalue weighted by Gasteiger charge is -2.26. The lowest BCUT2D eigenvalue weighted by molar-refractivity contribution is 0.171. The van der Waals surface area contributed by atoms with Gasteiger partial charge in [-0.05, 0) is 39.4 Å². The molecule has 1 aromatic carbocycles. The molecule has 4 nitrogen and oxygen atoms in total. The Kier molecular flexibility index (Phi) is 3.66. The van der Waals surface area contributed by atoms with Crippen LogP contribution in [0.1, 0.15) is 19.4 Å². The Morgan fingerprint density at radius 1 is 1.17 bits per heavy atom. The van der Waals surface area contributed by atoms with Crippen LogP contribution < -0.4 is 20.1 Å². The van der Waals surface area contributed by atoms with E-state index in [-0.39, 0.29) is 5.54 Å². The van der Waals surface area contributed by atoms with Crippen molar-refractivity contribution < 1.29 is 9.47 Å². The molecule has 0 saturated heterocycles. The Labute approximate surface area is 109 Å². The number of aryl methyl sites for hydroxylation is 1. The fourth-order valence-corrected chi connectivity index (χ4v) is 1.79. The predicted octanol–water partition coefficient (Wildman–Crippen LogP) is 2.18. The average molecular weight is 250 g/mol. The van der Waals surface area contributed by atoms with E-state index in [2.05, 4.69) is 31.4 Å². The SMILES string of the molecule is CNC(C)(C)CNc1cc2c(cc1C)OCCO2. The first-order valence-electron chi connectivity index (χ1n) is 6.35. The third-order valence-corrected chi connectivity index (χ3v) is 3.29. The Morgan fingerprint density at radius 3 is 2.39 bits per heavy atom. The monoisotopic (exact) mass is 250 g/mol. The largest absolute Gasteiger partial charge is 0.486 e. The molecule has 1 aliphatic heterocycles. The van der Waals surface area contributed by atoms with Gasteiger partial charge in [-0.3, -0.25) is 0 Å². The van der Waals surface area contributed by atoms with E-state index in [0.29, 0.717) is 13.2 Å². The first kappa shape index (κ1) is 13.0. The van der Waals surface area contributed by atoms with Gasteiger partial charge in [-0.1, -0.05) is 0 Å². The second-order valence-electron chi connectivity index (χ2n) is 5.30. The van der Waals surface area contributed by atoms with Crippen LogP contribution in [-0.2, 0) is 0 Å². The van der Waals surface area contributed by atoms with Crippen LogP contribution >= 0.6 is 0 Å². The highest BCUT2D eigenvalue weighted by molar-refractivity contribution is 5.60. The molecule has 0 unspecified atom stereocenters.